The van der Waals surface area contributed by atoms with Crippen LogP contribution in [0.2, 0.25) is 0 Å². The van der Waals surface area contributed by atoms with Gasteiger partial charge in [-0.1, -0.05) is 91.9 Å². The molecule has 0 aliphatic heterocycles. The minimum absolute atomic E-state index is 0.829. The van der Waals surface area contributed by atoms with Crippen molar-refractivity contribution in [1.29, 1.82) is 0 Å². The third kappa shape index (κ3) is 5.80. The van der Waals surface area contributed by atoms with Crippen molar-refractivity contribution in [3.05, 3.63) is 160 Å². The summed E-state index contributed by atoms with van der Waals surface area (Å²) in [4.78, 5) is 0. The van der Waals surface area contributed by atoms with Gasteiger partial charge in [0.25, 0.3) is 0 Å². The van der Waals surface area contributed by atoms with Crippen molar-refractivity contribution < 1.29 is 0 Å². The SMILES string of the molecule is C/C=C\c1c(CC)c2c(n1-c1ccc(-c3ccc(Cc4ccc(-n5c(/C=C\C)c(CNC)c6ccccc65)cc4)cc3)cc1)C=CCC2. The number of para-hydroxylation sites is 1. The minimum atomic E-state index is 0.829. The molecule has 6 aromatic rings. The number of aromatic nitrogens is 2. The van der Waals surface area contributed by atoms with Crippen LogP contribution in [-0.4, -0.2) is 16.2 Å². The summed E-state index contributed by atoms with van der Waals surface area (Å²) >= 11 is 0. The van der Waals surface area contributed by atoms with E-state index >= 15 is 0 Å². The van der Waals surface area contributed by atoms with E-state index in [1.807, 2.05) is 7.05 Å². The number of nitrogens with one attached hydrogen (secondary N) is 1. The molecule has 0 saturated carbocycles. The summed E-state index contributed by atoms with van der Waals surface area (Å²) in [5.41, 5.74) is 17.0. The first-order chi connectivity index (χ1) is 23.6. The number of rotatable bonds is 10. The summed E-state index contributed by atoms with van der Waals surface area (Å²) in [6.07, 6.45) is 17.6. The van der Waals surface area contributed by atoms with Crippen molar-refractivity contribution in [3.8, 4) is 22.5 Å². The third-order valence-electron chi connectivity index (χ3n) is 9.69. The predicted molar refractivity (Wildman–Crippen MR) is 206 cm³/mol. The number of fused-ring (bicyclic) bond motifs is 2. The lowest BCUT2D eigenvalue weighted by molar-refractivity contribution is 0.818. The second kappa shape index (κ2) is 13.9. The van der Waals surface area contributed by atoms with Gasteiger partial charge in [-0.2, -0.15) is 0 Å². The Hall–Kier alpha value is -5.12. The van der Waals surface area contributed by atoms with E-state index in [9.17, 15) is 0 Å². The van der Waals surface area contributed by atoms with E-state index in [0.29, 0.717) is 0 Å². The zero-order valence-corrected chi connectivity index (χ0v) is 28.6. The van der Waals surface area contributed by atoms with Gasteiger partial charge in [-0.25, -0.2) is 0 Å². The first-order valence-corrected chi connectivity index (χ1v) is 17.4. The van der Waals surface area contributed by atoms with Gasteiger partial charge in [0.1, 0.15) is 0 Å². The largest absolute Gasteiger partial charge is 0.316 e. The highest BCUT2D eigenvalue weighted by atomic mass is 15.0. The molecule has 2 heterocycles. The fourth-order valence-electron chi connectivity index (χ4n) is 7.51. The normalized spacial score (nSPS) is 12.9. The van der Waals surface area contributed by atoms with Gasteiger partial charge in [0.05, 0.1) is 11.2 Å². The summed E-state index contributed by atoms with van der Waals surface area (Å²) < 4.78 is 4.83. The maximum absolute atomic E-state index is 3.37. The topological polar surface area (TPSA) is 21.9 Å². The fraction of sp³-hybridized carbons (Fsp3) is 0.200. The molecule has 0 spiro atoms. The highest BCUT2D eigenvalue weighted by Crippen LogP contribution is 2.35. The first-order valence-electron chi connectivity index (χ1n) is 17.4. The maximum Gasteiger partial charge on any atom is 0.0538 e. The average Bonchev–Trinajstić information content (AvgIpc) is 3.61. The second-order valence-corrected chi connectivity index (χ2v) is 12.7. The fourth-order valence-corrected chi connectivity index (χ4v) is 7.51. The molecular formula is C45H45N3. The lowest BCUT2D eigenvalue weighted by atomic mass is 9.98. The lowest BCUT2D eigenvalue weighted by Crippen LogP contribution is -2.07. The molecule has 0 radical (unpaired) electrons. The van der Waals surface area contributed by atoms with Crippen LogP contribution in [-0.2, 0) is 25.8 Å². The summed E-state index contributed by atoms with van der Waals surface area (Å²) in [5.74, 6) is 0. The van der Waals surface area contributed by atoms with E-state index in [2.05, 4.69) is 169 Å². The number of hydrogen-bond donors (Lipinski definition) is 1. The first kappa shape index (κ1) is 31.5. The van der Waals surface area contributed by atoms with Crippen molar-refractivity contribution in [2.24, 2.45) is 0 Å². The van der Waals surface area contributed by atoms with Crippen LogP contribution in [0.1, 0.15) is 72.1 Å². The Balaban J connectivity index is 1.11. The molecule has 1 aliphatic rings. The number of hydrogen-bond acceptors (Lipinski definition) is 1. The van der Waals surface area contributed by atoms with E-state index in [1.54, 1.807) is 0 Å². The molecule has 48 heavy (non-hydrogen) atoms. The standard InChI is InChI=1S/C45H45N3/c1-5-12-42-38(7-3)39-14-8-10-16-44(39)47(42)37-28-24-35(25-29-37)34-22-18-32(19-23-34)30-33-20-26-36(27-21-33)48-43(13-6-2)41(31-46-4)40-15-9-11-17-45(40)48/h5-6,9-13,15-29,46H,7-8,14,30-31H2,1-4H3/b12-5-,13-6-. The van der Waals surface area contributed by atoms with E-state index in [1.165, 1.54) is 78.3 Å². The summed E-state index contributed by atoms with van der Waals surface area (Å²) in [5, 5.41) is 4.66. The summed E-state index contributed by atoms with van der Waals surface area (Å²) in [6.45, 7) is 7.31. The Labute approximate surface area is 285 Å². The van der Waals surface area contributed by atoms with E-state index < -0.39 is 0 Å². The maximum atomic E-state index is 3.37. The van der Waals surface area contributed by atoms with Crippen LogP contribution in [0.15, 0.2) is 115 Å². The van der Waals surface area contributed by atoms with Crippen LogP contribution in [0.5, 0.6) is 0 Å². The Morgan fingerprint density at radius 3 is 1.92 bits per heavy atom. The van der Waals surface area contributed by atoms with Crippen LogP contribution < -0.4 is 5.32 Å². The van der Waals surface area contributed by atoms with Crippen molar-refractivity contribution in [2.45, 2.75) is 53.0 Å². The van der Waals surface area contributed by atoms with Gasteiger partial charge in [0.15, 0.2) is 0 Å². The molecule has 0 fully saturated rings. The van der Waals surface area contributed by atoms with E-state index in [0.717, 1.165) is 32.2 Å². The van der Waals surface area contributed by atoms with E-state index in [-0.39, 0.29) is 0 Å². The second-order valence-electron chi connectivity index (χ2n) is 12.7. The molecule has 0 amide bonds. The molecular weight excluding hydrogens is 583 g/mol. The third-order valence-corrected chi connectivity index (χ3v) is 9.69. The van der Waals surface area contributed by atoms with Crippen molar-refractivity contribution in [2.75, 3.05) is 7.05 Å². The molecule has 0 saturated heterocycles. The highest BCUT2D eigenvalue weighted by Gasteiger charge is 2.21. The van der Waals surface area contributed by atoms with Gasteiger partial charge in [0.2, 0.25) is 0 Å². The molecule has 0 atom stereocenters. The van der Waals surface area contributed by atoms with Gasteiger partial charge in [-0.3, -0.25) is 0 Å². The molecule has 240 valence electrons. The molecule has 3 nitrogen and oxygen atoms in total. The van der Waals surface area contributed by atoms with Crippen molar-refractivity contribution in [3.63, 3.8) is 0 Å². The van der Waals surface area contributed by atoms with E-state index in [4.69, 9.17) is 0 Å². The molecule has 0 unspecified atom stereocenters. The number of allylic oxidation sites excluding steroid dienone is 3. The van der Waals surface area contributed by atoms with Crippen LogP contribution in [0.3, 0.4) is 0 Å². The molecule has 1 N–H and O–H groups in total. The molecule has 4 aromatic carbocycles. The van der Waals surface area contributed by atoms with Gasteiger partial charge < -0.3 is 14.5 Å². The smallest absolute Gasteiger partial charge is 0.0538 e. The molecule has 1 aliphatic carbocycles. The summed E-state index contributed by atoms with van der Waals surface area (Å²) in [6, 6.07) is 35.9. The Bertz CT molecular complexity index is 2130. The Morgan fingerprint density at radius 2 is 1.27 bits per heavy atom. The molecule has 3 heteroatoms. The van der Waals surface area contributed by atoms with Crippen LogP contribution in [0, 0.1) is 0 Å². The molecule has 2 aromatic heterocycles. The highest BCUT2D eigenvalue weighted by molar-refractivity contribution is 5.90. The van der Waals surface area contributed by atoms with Crippen molar-refractivity contribution >= 4 is 29.1 Å². The monoisotopic (exact) mass is 627 g/mol. The molecule has 0 bridgehead atoms. The van der Waals surface area contributed by atoms with Gasteiger partial charge in [-0.15, -0.1) is 0 Å². The molecule has 7 rings (SSSR count). The van der Waals surface area contributed by atoms with Gasteiger partial charge >= 0.3 is 0 Å². The number of benzene rings is 4. The van der Waals surface area contributed by atoms with Gasteiger partial charge in [-0.05, 0) is 134 Å². The van der Waals surface area contributed by atoms with Crippen molar-refractivity contribution in [1.82, 2.24) is 14.5 Å². The quantitative estimate of drug-likeness (QED) is 0.160. The summed E-state index contributed by atoms with van der Waals surface area (Å²) in [7, 11) is 2.01. The predicted octanol–water partition coefficient (Wildman–Crippen LogP) is 11.0. The average molecular weight is 628 g/mol. The number of nitrogens with zero attached hydrogens (tertiary/aromatic N) is 2. The van der Waals surface area contributed by atoms with Crippen LogP contribution >= 0.6 is 0 Å². The Kier molecular flexibility index (Phi) is 9.14. The van der Waals surface area contributed by atoms with Gasteiger partial charge in [0, 0.05) is 34.7 Å². The Morgan fingerprint density at radius 1 is 0.688 bits per heavy atom. The minimum Gasteiger partial charge on any atom is -0.316 e. The zero-order chi connectivity index (χ0) is 33.0. The van der Waals surface area contributed by atoms with Crippen LogP contribution in [0.25, 0.3) is 51.6 Å². The lowest BCUT2D eigenvalue weighted by Gasteiger charge is -2.14. The zero-order valence-electron chi connectivity index (χ0n) is 28.6. The van der Waals surface area contributed by atoms with Crippen LogP contribution in [0.4, 0.5) is 0 Å².